The van der Waals surface area contributed by atoms with E-state index in [9.17, 15) is 14.7 Å². The molecule has 0 saturated carbocycles. The van der Waals surface area contributed by atoms with Gasteiger partial charge in [-0.2, -0.15) is 0 Å². The zero-order valence-electron chi connectivity index (χ0n) is 7.80. The summed E-state index contributed by atoms with van der Waals surface area (Å²) in [5, 5.41) is 17.9. The van der Waals surface area contributed by atoms with Gasteiger partial charge in [-0.25, -0.2) is 4.79 Å². The van der Waals surface area contributed by atoms with E-state index in [0.29, 0.717) is 0 Å². The monoisotopic (exact) mass is 200 g/mol. The van der Waals surface area contributed by atoms with E-state index in [-0.39, 0.29) is 19.7 Å². The second kappa shape index (κ2) is 4.10. The van der Waals surface area contributed by atoms with Crippen molar-refractivity contribution in [3.63, 3.8) is 0 Å². The summed E-state index contributed by atoms with van der Waals surface area (Å²) in [5.74, 6) is -0.418. The average Bonchev–Trinajstić information content (AvgIpc) is 2.12. The van der Waals surface area contributed by atoms with Crippen molar-refractivity contribution in [2.75, 3.05) is 6.61 Å². The lowest BCUT2D eigenvalue weighted by molar-refractivity contribution is 0.260. The molecule has 0 aliphatic rings. The van der Waals surface area contributed by atoms with Crippen molar-refractivity contribution >= 4 is 0 Å². The van der Waals surface area contributed by atoms with Crippen LogP contribution in [-0.4, -0.2) is 26.0 Å². The lowest BCUT2D eigenvalue weighted by Gasteiger charge is -2.08. The predicted molar refractivity (Wildman–Crippen MR) is 49.4 cm³/mol. The lowest BCUT2D eigenvalue weighted by Crippen LogP contribution is -2.39. The van der Waals surface area contributed by atoms with Crippen molar-refractivity contribution < 1.29 is 10.2 Å². The summed E-state index contributed by atoms with van der Waals surface area (Å²) in [6.45, 7) is 1.60. The normalized spacial score (nSPS) is 10.4. The van der Waals surface area contributed by atoms with Crippen molar-refractivity contribution in [3.05, 3.63) is 26.9 Å². The molecule has 0 aliphatic heterocycles. The zero-order chi connectivity index (χ0) is 10.7. The Bertz CT molecular complexity index is 432. The third-order valence-electron chi connectivity index (χ3n) is 1.90. The fraction of sp³-hybridized carbons (Fsp3) is 0.500. The molecule has 1 aromatic heterocycles. The topological polar surface area (TPSA) is 84.5 Å². The van der Waals surface area contributed by atoms with E-state index < -0.39 is 17.1 Å². The Kier molecular flexibility index (Phi) is 3.08. The van der Waals surface area contributed by atoms with Gasteiger partial charge in [-0.1, -0.05) is 0 Å². The van der Waals surface area contributed by atoms with Gasteiger partial charge in [0.1, 0.15) is 0 Å². The van der Waals surface area contributed by atoms with Gasteiger partial charge in [-0.15, -0.1) is 0 Å². The molecular weight excluding hydrogens is 188 g/mol. The summed E-state index contributed by atoms with van der Waals surface area (Å²) in [4.78, 5) is 22.7. The van der Waals surface area contributed by atoms with Crippen LogP contribution in [0.25, 0.3) is 0 Å². The van der Waals surface area contributed by atoms with Gasteiger partial charge in [-0.3, -0.25) is 13.9 Å². The van der Waals surface area contributed by atoms with E-state index in [4.69, 9.17) is 5.11 Å². The number of hydrogen-bond acceptors (Lipinski definition) is 4. The van der Waals surface area contributed by atoms with Crippen molar-refractivity contribution in [2.24, 2.45) is 0 Å². The molecule has 0 fully saturated rings. The largest absolute Gasteiger partial charge is 0.494 e. The molecule has 0 aromatic carbocycles. The van der Waals surface area contributed by atoms with E-state index in [1.165, 1.54) is 0 Å². The summed E-state index contributed by atoms with van der Waals surface area (Å²) in [5.41, 5.74) is -1.14. The van der Waals surface area contributed by atoms with Crippen LogP contribution in [0.4, 0.5) is 0 Å². The summed E-state index contributed by atoms with van der Waals surface area (Å²) in [6.07, 6.45) is 0. The van der Waals surface area contributed by atoms with Crippen LogP contribution in [0.15, 0.2) is 15.7 Å². The molecule has 0 radical (unpaired) electrons. The Balaban J connectivity index is 3.44. The SMILES string of the molecule is CCn1c(=O)cc(O)n(CCO)c1=O. The Morgan fingerprint density at radius 1 is 1.36 bits per heavy atom. The van der Waals surface area contributed by atoms with E-state index in [2.05, 4.69) is 0 Å². The van der Waals surface area contributed by atoms with Gasteiger partial charge in [0.25, 0.3) is 5.56 Å². The first-order valence-electron chi connectivity index (χ1n) is 4.26. The quantitative estimate of drug-likeness (QED) is 0.637. The molecule has 1 aromatic rings. The Labute approximate surface area is 79.7 Å². The first kappa shape index (κ1) is 10.5. The van der Waals surface area contributed by atoms with Gasteiger partial charge in [0.05, 0.1) is 19.2 Å². The van der Waals surface area contributed by atoms with Crippen LogP contribution >= 0.6 is 0 Å². The van der Waals surface area contributed by atoms with Crippen molar-refractivity contribution in [2.45, 2.75) is 20.0 Å². The molecule has 1 rings (SSSR count). The van der Waals surface area contributed by atoms with Gasteiger partial charge in [0.15, 0.2) is 0 Å². The molecule has 1 heterocycles. The number of hydrogen-bond donors (Lipinski definition) is 2. The average molecular weight is 200 g/mol. The molecule has 0 unspecified atom stereocenters. The smallest absolute Gasteiger partial charge is 0.333 e. The zero-order valence-corrected chi connectivity index (χ0v) is 7.80. The highest BCUT2D eigenvalue weighted by Crippen LogP contribution is 1.99. The molecule has 0 spiro atoms. The van der Waals surface area contributed by atoms with Gasteiger partial charge in [0, 0.05) is 6.54 Å². The van der Waals surface area contributed by atoms with E-state index in [1.54, 1.807) is 6.92 Å². The van der Waals surface area contributed by atoms with Crippen LogP contribution in [0.3, 0.4) is 0 Å². The predicted octanol–water partition coefficient (Wildman–Crippen LogP) is -1.27. The Morgan fingerprint density at radius 2 is 2.00 bits per heavy atom. The fourth-order valence-corrected chi connectivity index (χ4v) is 1.21. The van der Waals surface area contributed by atoms with Crippen molar-refractivity contribution in [1.29, 1.82) is 0 Å². The minimum Gasteiger partial charge on any atom is -0.494 e. The number of rotatable bonds is 3. The first-order valence-corrected chi connectivity index (χ1v) is 4.26. The maximum atomic E-state index is 11.5. The Morgan fingerprint density at radius 3 is 2.50 bits per heavy atom. The van der Waals surface area contributed by atoms with Crippen LogP contribution in [-0.2, 0) is 13.1 Å². The van der Waals surface area contributed by atoms with Gasteiger partial charge >= 0.3 is 5.69 Å². The summed E-state index contributed by atoms with van der Waals surface area (Å²) >= 11 is 0. The lowest BCUT2D eigenvalue weighted by atomic mass is 10.5. The molecule has 0 aliphatic carbocycles. The van der Waals surface area contributed by atoms with E-state index in [1.807, 2.05) is 0 Å². The van der Waals surface area contributed by atoms with E-state index >= 15 is 0 Å². The molecule has 2 N–H and O–H groups in total. The molecule has 0 saturated heterocycles. The molecule has 6 nitrogen and oxygen atoms in total. The minimum atomic E-state index is -0.605. The van der Waals surface area contributed by atoms with Gasteiger partial charge in [0.2, 0.25) is 5.88 Å². The number of aliphatic hydroxyl groups is 1. The first-order chi connectivity index (χ1) is 6.61. The number of aromatic hydroxyl groups is 1. The maximum Gasteiger partial charge on any atom is 0.333 e. The highest BCUT2D eigenvalue weighted by molar-refractivity contribution is 5.06. The Hall–Kier alpha value is -1.56. The number of aliphatic hydroxyl groups excluding tert-OH is 1. The maximum absolute atomic E-state index is 11.5. The second-order valence-electron chi connectivity index (χ2n) is 2.74. The summed E-state index contributed by atoms with van der Waals surface area (Å²) < 4.78 is 1.93. The van der Waals surface area contributed by atoms with Crippen LogP contribution in [0.1, 0.15) is 6.92 Å². The van der Waals surface area contributed by atoms with E-state index in [0.717, 1.165) is 15.2 Å². The number of nitrogens with zero attached hydrogens (tertiary/aromatic N) is 2. The molecule has 14 heavy (non-hydrogen) atoms. The molecule has 6 heteroatoms. The fourth-order valence-electron chi connectivity index (χ4n) is 1.21. The summed E-state index contributed by atoms with van der Waals surface area (Å²) in [6, 6.07) is 0.959. The van der Waals surface area contributed by atoms with Crippen molar-refractivity contribution in [1.82, 2.24) is 9.13 Å². The molecular formula is C8H12N2O4. The molecule has 0 amide bonds. The van der Waals surface area contributed by atoms with Crippen LogP contribution < -0.4 is 11.2 Å². The van der Waals surface area contributed by atoms with Crippen molar-refractivity contribution in [3.8, 4) is 5.88 Å². The molecule has 0 bridgehead atoms. The standard InChI is InChI=1S/C8H12N2O4/c1-2-9-6(12)5-7(13)10(3-4-11)8(9)14/h5,11,13H,2-4H2,1H3. The highest BCUT2D eigenvalue weighted by atomic mass is 16.3. The van der Waals surface area contributed by atoms with Crippen LogP contribution in [0.2, 0.25) is 0 Å². The van der Waals surface area contributed by atoms with Crippen LogP contribution in [0, 0.1) is 0 Å². The van der Waals surface area contributed by atoms with Gasteiger partial charge < -0.3 is 10.2 Å². The highest BCUT2D eigenvalue weighted by Gasteiger charge is 2.08. The van der Waals surface area contributed by atoms with Gasteiger partial charge in [-0.05, 0) is 6.92 Å². The van der Waals surface area contributed by atoms with Crippen LogP contribution in [0.5, 0.6) is 5.88 Å². The molecule has 0 atom stereocenters. The number of aromatic nitrogens is 2. The summed E-state index contributed by atoms with van der Waals surface area (Å²) in [7, 11) is 0. The third kappa shape index (κ3) is 1.69. The minimum absolute atomic E-state index is 0.0229. The second-order valence-corrected chi connectivity index (χ2v) is 2.74. The third-order valence-corrected chi connectivity index (χ3v) is 1.90. The molecule has 78 valence electrons.